The van der Waals surface area contributed by atoms with Crippen molar-refractivity contribution in [3.05, 3.63) is 57.6 Å². The van der Waals surface area contributed by atoms with Crippen LogP contribution in [0.3, 0.4) is 0 Å². The second kappa shape index (κ2) is 15.3. The molecule has 0 aliphatic heterocycles. The Balaban J connectivity index is 1.42. The zero-order valence-electron chi connectivity index (χ0n) is 18.5. The van der Waals surface area contributed by atoms with Crippen LogP contribution in [0.2, 0.25) is 10.0 Å². The summed E-state index contributed by atoms with van der Waals surface area (Å²) in [6.07, 6.45) is 3.59. The van der Waals surface area contributed by atoms with Gasteiger partial charge in [-0.15, -0.1) is 0 Å². The molecule has 8 heteroatoms. The van der Waals surface area contributed by atoms with E-state index >= 15 is 0 Å². The van der Waals surface area contributed by atoms with Crippen molar-refractivity contribution in [2.24, 2.45) is 0 Å². The van der Waals surface area contributed by atoms with Crippen LogP contribution in [-0.2, 0) is 16.1 Å². The lowest BCUT2D eigenvalue weighted by Crippen LogP contribution is -2.22. The number of aliphatic hydroxyl groups is 1. The lowest BCUT2D eigenvalue weighted by atomic mass is 10.1. The van der Waals surface area contributed by atoms with E-state index in [4.69, 9.17) is 37.4 Å². The van der Waals surface area contributed by atoms with Gasteiger partial charge in [-0.25, -0.2) is 0 Å². The SMILES string of the molecule is COc1cc(C(O)CNCCCCCCOCCOCc2c(Cl)cccc2Cl)ccc1O. The average Bonchev–Trinajstić information content (AvgIpc) is 2.78. The Labute approximate surface area is 200 Å². The highest BCUT2D eigenvalue weighted by Gasteiger charge is 2.10. The number of nitrogens with one attached hydrogen (secondary N) is 1. The van der Waals surface area contributed by atoms with Crippen LogP contribution in [0.1, 0.15) is 42.9 Å². The fourth-order valence-electron chi connectivity index (χ4n) is 3.13. The van der Waals surface area contributed by atoms with Gasteiger partial charge in [0.15, 0.2) is 11.5 Å². The highest BCUT2D eigenvalue weighted by molar-refractivity contribution is 6.35. The summed E-state index contributed by atoms with van der Waals surface area (Å²) in [4.78, 5) is 0. The van der Waals surface area contributed by atoms with Crippen molar-refractivity contribution in [3.63, 3.8) is 0 Å². The molecule has 3 N–H and O–H groups in total. The molecule has 178 valence electrons. The summed E-state index contributed by atoms with van der Waals surface area (Å²) in [5, 5.41) is 24.4. The number of methoxy groups -OCH3 is 1. The van der Waals surface area contributed by atoms with E-state index in [1.165, 1.54) is 13.2 Å². The molecule has 0 radical (unpaired) electrons. The van der Waals surface area contributed by atoms with Crippen molar-refractivity contribution < 1.29 is 24.4 Å². The summed E-state index contributed by atoms with van der Waals surface area (Å²) in [5.74, 6) is 0.426. The van der Waals surface area contributed by atoms with E-state index in [2.05, 4.69) is 5.32 Å². The van der Waals surface area contributed by atoms with Crippen LogP contribution in [0.25, 0.3) is 0 Å². The lowest BCUT2D eigenvalue weighted by molar-refractivity contribution is 0.0393. The molecule has 2 aromatic rings. The fourth-order valence-corrected chi connectivity index (χ4v) is 3.64. The van der Waals surface area contributed by atoms with Gasteiger partial charge in [-0.3, -0.25) is 0 Å². The van der Waals surface area contributed by atoms with Gasteiger partial charge < -0.3 is 29.7 Å². The minimum Gasteiger partial charge on any atom is -0.504 e. The summed E-state index contributed by atoms with van der Waals surface area (Å²) < 4.78 is 16.3. The number of aromatic hydroxyl groups is 1. The maximum absolute atomic E-state index is 10.2. The molecule has 1 unspecified atom stereocenters. The normalized spacial score (nSPS) is 12.1. The van der Waals surface area contributed by atoms with Gasteiger partial charge in [-0.1, -0.05) is 48.2 Å². The summed E-state index contributed by atoms with van der Waals surface area (Å²) in [5.41, 5.74) is 1.52. The lowest BCUT2D eigenvalue weighted by Gasteiger charge is -2.14. The fraction of sp³-hybridized carbons (Fsp3) is 0.500. The first-order chi connectivity index (χ1) is 15.5. The van der Waals surface area contributed by atoms with Crippen LogP contribution in [0, 0.1) is 0 Å². The molecule has 0 fully saturated rings. The van der Waals surface area contributed by atoms with Crippen molar-refractivity contribution in [3.8, 4) is 11.5 Å². The molecule has 0 heterocycles. The number of aliphatic hydroxyl groups excluding tert-OH is 1. The maximum Gasteiger partial charge on any atom is 0.160 e. The zero-order valence-corrected chi connectivity index (χ0v) is 20.0. The molecule has 0 amide bonds. The van der Waals surface area contributed by atoms with Gasteiger partial charge in [-0.05, 0) is 49.2 Å². The minimum atomic E-state index is -0.644. The molecular weight excluding hydrogens is 453 g/mol. The Morgan fingerprint density at radius 3 is 2.41 bits per heavy atom. The third-order valence-electron chi connectivity index (χ3n) is 5.00. The number of benzene rings is 2. The summed E-state index contributed by atoms with van der Waals surface area (Å²) in [6.45, 7) is 3.43. The number of phenols is 1. The smallest absolute Gasteiger partial charge is 0.160 e. The van der Waals surface area contributed by atoms with Crippen LogP contribution >= 0.6 is 23.2 Å². The van der Waals surface area contributed by atoms with E-state index in [0.717, 1.165) is 37.8 Å². The van der Waals surface area contributed by atoms with Gasteiger partial charge in [-0.2, -0.15) is 0 Å². The number of hydrogen-bond donors (Lipinski definition) is 3. The quantitative estimate of drug-likeness (QED) is 0.286. The topological polar surface area (TPSA) is 80.2 Å². The van der Waals surface area contributed by atoms with Gasteiger partial charge in [0.2, 0.25) is 0 Å². The number of hydrogen-bond acceptors (Lipinski definition) is 6. The molecule has 6 nitrogen and oxygen atoms in total. The number of ether oxygens (including phenoxy) is 3. The molecule has 1 atom stereocenters. The van der Waals surface area contributed by atoms with E-state index < -0.39 is 6.10 Å². The second-order valence-corrected chi connectivity index (χ2v) is 8.24. The Morgan fingerprint density at radius 2 is 1.66 bits per heavy atom. The molecular formula is C24H33Cl2NO5. The van der Waals surface area contributed by atoms with Crippen LogP contribution in [0.5, 0.6) is 11.5 Å². The second-order valence-electron chi connectivity index (χ2n) is 7.43. The third kappa shape index (κ3) is 9.53. The Morgan fingerprint density at radius 1 is 0.938 bits per heavy atom. The zero-order chi connectivity index (χ0) is 23.2. The molecule has 2 aromatic carbocycles. The monoisotopic (exact) mass is 485 g/mol. The standard InChI is InChI=1S/C24H33Cl2NO5/c1-30-24-15-18(9-10-22(24)28)23(29)16-27-11-4-2-3-5-12-31-13-14-32-17-19-20(25)7-6-8-21(19)26/h6-10,15,23,27-29H,2-5,11-14,16-17H2,1H3. The van der Waals surface area contributed by atoms with E-state index in [1.54, 1.807) is 24.3 Å². The average molecular weight is 486 g/mol. The van der Waals surface area contributed by atoms with Crippen molar-refractivity contribution >= 4 is 23.2 Å². The Hall–Kier alpha value is -1.54. The summed E-state index contributed by atoms with van der Waals surface area (Å²) in [7, 11) is 1.49. The Bertz CT molecular complexity index is 786. The molecule has 0 spiro atoms. The summed E-state index contributed by atoms with van der Waals surface area (Å²) >= 11 is 12.2. The molecule has 0 aliphatic rings. The van der Waals surface area contributed by atoms with E-state index in [1.807, 2.05) is 6.07 Å². The van der Waals surface area contributed by atoms with Crippen molar-refractivity contribution in [1.29, 1.82) is 0 Å². The van der Waals surface area contributed by atoms with Crippen molar-refractivity contribution in [2.75, 3.05) is 40.0 Å². The Kier molecular flexibility index (Phi) is 12.8. The highest BCUT2D eigenvalue weighted by Crippen LogP contribution is 2.28. The molecule has 0 bridgehead atoms. The predicted octanol–water partition coefficient (Wildman–Crippen LogP) is 5.12. The van der Waals surface area contributed by atoms with Crippen molar-refractivity contribution in [1.82, 2.24) is 5.32 Å². The minimum absolute atomic E-state index is 0.0647. The highest BCUT2D eigenvalue weighted by atomic mass is 35.5. The summed E-state index contributed by atoms with van der Waals surface area (Å²) in [6, 6.07) is 10.3. The molecule has 0 aromatic heterocycles. The van der Waals surface area contributed by atoms with Gasteiger partial charge in [0.25, 0.3) is 0 Å². The van der Waals surface area contributed by atoms with Crippen LogP contribution < -0.4 is 10.1 Å². The van der Waals surface area contributed by atoms with Gasteiger partial charge in [0.1, 0.15) is 0 Å². The van der Waals surface area contributed by atoms with Crippen LogP contribution in [0.4, 0.5) is 0 Å². The van der Waals surface area contributed by atoms with Gasteiger partial charge in [0, 0.05) is 28.8 Å². The first-order valence-corrected chi connectivity index (χ1v) is 11.6. The number of halogens is 2. The predicted molar refractivity (Wildman–Crippen MR) is 128 cm³/mol. The van der Waals surface area contributed by atoms with E-state index in [-0.39, 0.29) is 5.75 Å². The molecule has 32 heavy (non-hydrogen) atoms. The molecule has 0 saturated heterocycles. The first-order valence-electron chi connectivity index (χ1n) is 10.9. The molecule has 2 rings (SSSR count). The van der Waals surface area contributed by atoms with E-state index in [0.29, 0.717) is 54.3 Å². The van der Waals surface area contributed by atoms with Gasteiger partial charge >= 0.3 is 0 Å². The largest absolute Gasteiger partial charge is 0.504 e. The number of phenolic OH excluding ortho intramolecular Hbond substituents is 1. The van der Waals surface area contributed by atoms with Crippen molar-refractivity contribution in [2.45, 2.75) is 38.4 Å². The molecule has 0 aliphatic carbocycles. The molecule has 0 saturated carbocycles. The third-order valence-corrected chi connectivity index (χ3v) is 5.71. The number of rotatable bonds is 16. The van der Waals surface area contributed by atoms with Gasteiger partial charge in [0.05, 0.1) is 33.0 Å². The van der Waals surface area contributed by atoms with Crippen LogP contribution in [0.15, 0.2) is 36.4 Å². The first kappa shape index (κ1) is 26.7. The maximum atomic E-state index is 10.2. The van der Waals surface area contributed by atoms with E-state index in [9.17, 15) is 10.2 Å². The number of unbranched alkanes of at least 4 members (excludes halogenated alkanes) is 3. The van der Waals surface area contributed by atoms with Crippen LogP contribution in [-0.4, -0.2) is 50.2 Å².